The number of nitrogens with zero attached hydrogens (tertiary/aromatic N) is 4. The van der Waals surface area contributed by atoms with E-state index in [4.69, 9.17) is 19.7 Å². The van der Waals surface area contributed by atoms with Gasteiger partial charge in [0.25, 0.3) is 0 Å². The molecule has 0 spiro atoms. The Balaban J connectivity index is 2.57. The average molecular weight is 625 g/mol. The summed E-state index contributed by atoms with van der Waals surface area (Å²) in [5.41, 5.74) is 9.66. The Morgan fingerprint density at radius 2 is 1.82 bits per heavy atom. The number of carbonyl (C=O) groups excluding carboxylic acids is 2. The predicted octanol–water partition coefficient (Wildman–Crippen LogP) is 2.51. The van der Waals surface area contributed by atoms with E-state index in [9.17, 15) is 30.0 Å². The molecule has 0 saturated carbocycles. The van der Waals surface area contributed by atoms with E-state index in [-0.39, 0.29) is 31.8 Å². The van der Waals surface area contributed by atoms with Crippen LogP contribution in [-0.2, 0) is 23.8 Å². The summed E-state index contributed by atoms with van der Waals surface area (Å²) in [6, 6.07) is -0.709. The van der Waals surface area contributed by atoms with Gasteiger partial charge in [-0.1, -0.05) is 43.6 Å². The summed E-state index contributed by atoms with van der Waals surface area (Å²) in [7, 11) is 3.45. The van der Waals surface area contributed by atoms with Crippen molar-refractivity contribution in [3.8, 4) is 0 Å². The quantitative estimate of drug-likeness (QED) is 0.135. The van der Waals surface area contributed by atoms with Gasteiger partial charge in [-0.15, -0.1) is 0 Å². The highest BCUT2D eigenvalue weighted by Crippen LogP contribution is 2.34. The van der Waals surface area contributed by atoms with E-state index in [0.717, 1.165) is 5.57 Å². The molecule has 2 rings (SSSR count). The minimum atomic E-state index is -1.26. The van der Waals surface area contributed by atoms with Crippen LogP contribution >= 0.6 is 0 Å². The normalized spacial score (nSPS) is 40.0. The Hall–Kier alpha value is -2.35. The second-order valence-corrected chi connectivity index (χ2v) is 12.4. The average Bonchev–Trinajstić information content (AvgIpc) is 2.97. The monoisotopic (exact) mass is 624 g/mol. The molecular weight excluding hydrogens is 572 g/mol. The summed E-state index contributed by atoms with van der Waals surface area (Å²) in [5.74, 6) is -2.98. The molecule has 13 nitrogen and oxygen atoms in total. The van der Waals surface area contributed by atoms with Crippen LogP contribution in [0.1, 0.15) is 60.3 Å². The van der Waals surface area contributed by atoms with Gasteiger partial charge in [0.05, 0.1) is 43.5 Å². The molecule has 2 unspecified atom stereocenters. The number of likely N-dealkylation sites (N-methyl/N-ethyl adjacent to an activating group) is 1. The van der Waals surface area contributed by atoms with Crippen LogP contribution in [0.15, 0.2) is 28.9 Å². The predicted molar refractivity (Wildman–Crippen MR) is 163 cm³/mol. The van der Waals surface area contributed by atoms with Crippen molar-refractivity contribution in [2.75, 3.05) is 27.2 Å². The summed E-state index contributed by atoms with van der Waals surface area (Å²) >= 11 is 0. The van der Waals surface area contributed by atoms with Crippen molar-refractivity contribution in [2.45, 2.75) is 109 Å². The lowest BCUT2D eigenvalue weighted by Gasteiger charge is -2.46. The van der Waals surface area contributed by atoms with Gasteiger partial charge in [-0.2, -0.15) is 0 Å². The maximum absolute atomic E-state index is 13.2. The van der Waals surface area contributed by atoms with Crippen LogP contribution in [0.4, 0.5) is 0 Å². The summed E-state index contributed by atoms with van der Waals surface area (Å²) < 4.78 is 18.1. The van der Waals surface area contributed by atoms with Crippen molar-refractivity contribution in [1.82, 2.24) is 4.90 Å². The van der Waals surface area contributed by atoms with E-state index in [1.54, 1.807) is 58.8 Å². The Morgan fingerprint density at radius 1 is 1.14 bits per heavy atom. The highest BCUT2D eigenvalue weighted by molar-refractivity contribution is 5.91. The number of esters is 1. The van der Waals surface area contributed by atoms with E-state index in [1.165, 1.54) is 6.08 Å². The third kappa shape index (κ3) is 10.3. The molecule has 2 aliphatic heterocycles. The first-order valence-electron chi connectivity index (χ1n) is 15.5. The fraction of sp³-hybridized carbons (Fsp3) is 0.806. The van der Waals surface area contributed by atoms with Crippen LogP contribution in [0, 0.1) is 23.7 Å². The number of hydrogen-bond acceptors (Lipinski definition) is 11. The number of allylic oxidation sites excluding steroid dienone is 3. The fourth-order valence-corrected chi connectivity index (χ4v) is 6.13. The SMILES string of the molecule is CC[C@H]1OC(=O)C[C@@H](O)[C@H](C)[C@@H](O[C@@H]2O[C@H](C)[C@@H](O)C(N(C)C)C2O)[C@@H](CCN=[N+]=[N-])C[C@@H](C)C(=O)/C=C/C(C)=C/[C@@H]1CO. The third-order valence-corrected chi connectivity index (χ3v) is 8.83. The molecule has 0 aromatic rings. The largest absolute Gasteiger partial charge is 0.462 e. The van der Waals surface area contributed by atoms with Gasteiger partial charge in [-0.25, -0.2) is 0 Å². The fourth-order valence-electron chi connectivity index (χ4n) is 6.13. The molecule has 1 fully saturated rings. The lowest BCUT2D eigenvalue weighted by Crippen LogP contribution is -2.63. The first-order valence-corrected chi connectivity index (χ1v) is 15.5. The summed E-state index contributed by atoms with van der Waals surface area (Å²) in [4.78, 5) is 30.8. The molecule has 2 heterocycles. The van der Waals surface area contributed by atoms with Gasteiger partial charge in [-0.05, 0) is 64.7 Å². The number of rotatable bonds is 8. The molecule has 44 heavy (non-hydrogen) atoms. The van der Waals surface area contributed by atoms with Crippen molar-refractivity contribution in [1.29, 1.82) is 0 Å². The van der Waals surface area contributed by atoms with Gasteiger partial charge in [0.15, 0.2) is 12.1 Å². The molecule has 13 heteroatoms. The molecule has 0 aliphatic carbocycles. The van der Waals surface area contributed by atoms with Crippen LogP contribution in [0.5, 0.6) is 0 Å². The van der Waals surface area contributed by atoms with E-state index in [0.29, 0.717) is 12.8 Å². The van der Waals surface area contributed by atoms with Gasteiger partial charge in [0.2, 0.25) is 0 Å². The molecular formula is C31H52N4O9. The van der Waals surface area contributed by atoms with Crippen molar-refractivity contribution in [2.24, 2.45) is 28.8 Å². The Labute approximate surface area is 260 Å². The number of hydrogen-bond donors (Lipinski definition) is 4. The number of carbonyl (C=O) groups is 2. The highest BCUT2D eigenvalue weighted by atomic mass is 16.7. The minimum Gasteiger partial charge on any atom is -0.462 e. The molecule has 250 valence electrons. The van der Waals surface area contributed by atoms with Crippen LogP contribution < -0.4 is 0 Å². The Morgan fingerprint density at radius 3 is 2.41 bits per heavy atom. The molecule has 0 amide bonds. The van der Waals surface area contributed by atoms with Crippen molar-refractivity contribution < 1.29 is 44.2 Å². The van der Waals surface area contributed by atoms with Crippen LogP contribution in [-0.4, -0.2) is 113 Å². The van der Waals surface area contributed by atoms with E-state index in [2.05, 4.69) is 10.0 Å². The Bertz CT molecular complexity index is 1050. The van der Waals surface area contributed by atoms with E-state index >= 15 is 0 Å². The number of cyclic esters (lactones) is 1. The number of azide groups is 1. The summed E-state index contributed by atoms with van der Waals surface area (Å²) in [5, 5.41) is 47.0. The topological polar surface area (TPSA) is 195 Å². The molecule has 0 radical (unpaired) electrons. The Kier molecular flexibility index (Phi) is 15.4. The van der Waals surface area contributed by atoms with Crippen molar-refractivity contribution in [3.63, 3.8) is 0 Å². The first kappa shape index (κ1) is 37.8. The lowest BCUT2D eigenvalue weighted by molar-refractivity contribution is -0.304. The second kappa shape index (κ2) is 18.0. The zero-order valence-electron chi connectivity index (χ0n) is 27.0. The maximum atomic E-state index is 13.2. The zero-order chi connectivity index (χ0) is 33.1. The molecule has 12 atom stereocenters. The minimum absolute atomic E-state index is 0.0920. The number of ether oxygens (including phenoxy) is 3. The van der Waals surface area contributed by atoms with Gasteiger partial charge in [-0.3, -0.25) is 9.59 Å². The number of aliphatic hydroxyl groups excluding tert-OH is 4. The van der Waals surface area contributed by atoms with Crippen LogP contribution in [0.2, 0.25) is 0 Å². The maximum Gasteiger partial charge on any atom is 0.308 e. The smallest absolute Gasteiger partial charge is 0.308 e. The van der Waals surface area contributed by atoms with Crippen molar-refractivity contribution >= 4 is 11.8 Å². The molecule has 0 aromatic carbocycles. The van der Waals surface area contributed by atoms with E-state index < -0.39 is 78.6 Å². The molecule has 0 aromatic heterocycles. The first-order chi connectivity index (χ1) is 20.7. The lowest BCUT2D eigenvalue weighted by atomic mass is 9.79. The summed E-state index contributed by atoms with van der Waals surface area (Å²) in [6.07, 6.45) is -1.35. The second-order valence-electron chi connectivity index (χ2n) is 12.4. The molecule has 4 N–H and O–H groups in total. The number of ketones is 1. The highest BCUT2D eigenvalue weighted by Gasteiger charge is 2.47. The van der Waals surface area contributed by atoms with Crippen LogP contribution in [0.3, 0.4) is 0 Å². The van der Waals surface area contributed by atoms with Gasteiger partial charge < -0.3 is 39.5 Å². The van der Waals surface area contributed by atoms with E-state index in [1.807, 2.05) is 6.92 Å². The van der Waals surface area contributed by atoms with Crippen LogP contribution in [0.25, 0.3) is 10.4 Å². The van der Waals surface area contributed by atoms with Gasteiger partial charge >= 0.3 is 5.97 Å². The molecule has 2 aliphatic rings. The number of aliphatic hydroxyl groups is 4. The summed E-state index contributed by atoms with van der Waals surface area (Å²) in [6.45, 7) is 8.60. The molecule has 0 bridgehead atoms. The van der Waals surface area contributed by atoms with Crippen molar-refractivity contribution in [3.05, 3.63) is 34.2 Å². The third-order valence-electron chi connectivity index (χ3n) is 8.83. The standard InChI is InChI=1S/C31H52N4O9/c1-8-25-22(16-36)13-17(2)9-10-23(37)18(3)14-21(11-12-33-34-32)30(19(4)24(38)15-26(39)43-25)44-31-29(41)27(35(6)7)28(40)20(5)42-31/h9-10,13,18-22,24-25,27-31,36,38,40-41H,8,11-12,14-16H2,1-7H3/b10-9+,17-13+/t18-,19+,20-,21+,22-,24-,25-,27?,28-,29?,30-,31+/m1/s1. The zero-order valence-corrected chi connectivity index (χ0v) is 27.0. The van der Waals surface area contributed by atoms with Gasteiger partial charge in [0, 0.05) is 29.2 Å². The van der Waals surface area contributed by atoms with Gasteiger partial charge in [0.1, 0.15) is 12.2 Å². The molecule has 1 saturated heterocycles.